The normalized spacial score (nSPS) is 12.2. The molecule has 0 aliphatic carbocycles. The maximum absolute atomic E-state index is 12.0. The number of hydrogen-bond acceptors (Lipinski definition) is 6. The minimum atomic E-state index is -0.163. The first-order chi connectivity index (χ1) is 9.56. The van der Waals surface area contributed by atoms with Crippen LogP contribution in [0.2, 0.25) is 0 Å². The Hall–Kier alpha value is -1.96. The molecule has 1 atom stereocenters. The fraction of sp³-hybridized carbons (Fsp3) is 0.500. The Morgan fingerprint density at radius 2 is 2.35 bits per heavy atom. The summed E-state index contributed by atoms with van der Waals surface area (Å²) in [5, 5.41) is 9.77. The van der Waals surface area contributed by atoms with Gasteiger partial charge >= 0.3 is 0 Å². The summed E-state index contributed by atoms with van der Waals surface area (Å²) in [7, 11) is 3.89. The SMILES string of the molecule is C[C@H](Cn1cncn1)C(=O)NCc1csc(N(C)C)n1. The monoisotopic (exact) mass is 294 g/mol. The molecule has 0 aromatic carbocycles. The Morgan fingerprint density at radius 1 is 1.55 bits per heavy atom. The van der Waals surface area contributed by atoms with Crippen molar-refractivity contribution < 1.29 is 4.79 Å². The highest BCUT2D eigenvalue weighted by molar-refractivity contribution is 7.13. The molecule has 0 unspecified atom stereocenters. The first kappa shape index (κ1) is 14.4. The second kappa shape index (κ2) is 6.47. The van der Waals surface area contributed by atoms with Crippen molar-refractivity contribution in [2.45, 2.75) is 20.0 Å². The topological polar surface area (TPSA) is 75.9 Å². The molecule has 7 nitrogen and oxygen atoms in total. The van der Waals surface area contributed by atoms with E-state index in [0.717, 1.165) is 10.8 Å². The highest BCUT2D eigenvalue weighted by atomic mass is 32.1. The van der Waals surface area contributed by atoms with Crippen LogP contribution in [0.3, 0.4) is 0 Å². The van der Waals surface area contributed by atoms with Crippen molar-refractivity contribution in [1.82, 2.24) is 25.1 Å². The molecule has 0 bridgehead atoms. The van der Waals surface area contributed by atoms with E-state index in [1.165, 1.54) is 6.33 Å². The van der Waals surface area contributed by atoms with Gasteiger partial charge in [-0.15, -0.1) is 11.3 Å². The lowest BCUT2D eigenvalue weighted by Gasteiger charge is -2.11. The van der Waals surface area contributed by atoms with Gasteiger partial charge in [0.05, 0.1) is 24.7 Å². The van der Waals surface area contributed by atoms with Gasteiger partial charge in [-0.3, -0.25) is 9.48 Å². The number of rotatable bonds is 6. The van der Waals surface area contributed by atoms with Crippen molar-refractivity contribution in [3.05, 3.63) is 23.7 Å². The highest BCUT2D eigenvalue weighted by Gasteiger charge is 2.14. The molecular formula is C12H18N6OS. The predicted octanol–water partition coefficient (Wildman–Crippen LogP) is 0.753. The Bertz CT molecular complexity index is 550. The molecule has 0 aliphatic heterocycles. The standard InChI is InChI=1S/C12H18N6OS/c1-9(5-18-8-13-7-15-18)11(19)14-4-10-6-20-12(16-10)17(2)3/h6-9H,4-5H2,1-3H3,(H,14,19)/t9-/m1/s1. The molecule has 0 aliphatic rings. The lowest BCUT2D eigenvalue weighted by Crippen LogP contribution is -2.31. The van der Waals surface area contributed by atoms with Gasteiger partial charge in [0.2, 0.25) is 5.91 Å². The molecule has 20 heavy (non-hydrogen) atoms. The first-order valence-corrected chi connectivity index (χ1v) is 7.16. The molecule has 1 N–H and O–H groups in total. The van der Waals surface area contributed by atoms with Crippen molar-refractivity contribution in [2.24, 2.45) is 5.92 Å². The maximum Gasteiger partial charge on any atom is 0.225 e. The van der Waals surface area contributed by atoms with Crippen molar-refractivity contribution in [1.29, 1.82) is 0 Å². The number of carbonyl (C=O) groups is 1. The molecule has 1 amide bonds. The van der Waals surface area contributed by atoms with Gasteiger partial charge in [0.25, 0.3) is 0 Å². The first-order valence-electron chi connectivity index (χ1n) is 6.28. The maximum atomic E-state index is 12.0. The molecular weight excluding hydrogens is 276 g/mol. The average molecular weight is 294 g/mol. The Kier molecular flexibility index (Phi) is 4.67. The molecule has 0 spiro atoms. The largest absolute Gasteiger partial charge is 0.354 e. The van der Waals surface area contributed by atoms with Crippen LogP contribution in [0.15, 0.2) is 18.0 Å². The summed E-state index contributed by atoms with van der Waals surface area (Å²) < 4.78 is 1.65. The number of aromatic nitrogens is 4. The van der Waals surface area contributed by atoms with Crippen LogP contribution in [0.1, 0.15) is 12.6 Å². The summed E-state index contributed by atoms with van der Waals surface area (Å²) in [4.78, 5) is 22.2. The fourth-order valence-electron chi connectivity index (χ4n) is 1.63. The fourth-order valence-corrected chi connectivity index (χ4v) is 2.38. The van der Waals surface area contributed by atoms with E-state index >= 15 is 0 Å². The summed E-state index contributed by atoms with van der Waals surface area (Å²) in [6, 6.07) is 0. The highest BCUT2D eigenvalue weighted by Crippen LogP contribution is 2.17. The summed E-state index contributed by atoms with van der Waals surface area (Å²) >= 11 is 1.56. The summed E-state index contributed by atoms with van der Waals surface area (Å²) in [5.41, 5.74) is 0.875. The molecule has 2 aromatic heterocycles. The number of carbonyl (C=O) groups excluding carboxylic acids is 1. The van der Waals surface area contributed by atoms with E-state index in [1.807, 2.05) is 31.3 Å². The molecule has 0 saturated heterocycles. The van der Waals surface area contributed by atoms with Gasteiger partial charge in [-0.1, -0.05) is 6.92 Å². The van der Waals surface area contributed by atoms with Crippen LogP contribution < -0.4 is 10.2 Å². The third-order valence-corrected chi connectivity index (χ3v) is 3.80. The molecule has 0 radical (unpaired) electrons. The van der Waals surface area contributed by atoms with Gasteiger partial charge in [0, 0.05) is 19.5 Å². The number of hydrogen-bond donors (Lipinski definition) is 1. The van der Waals surface area contributed by atoms with Gasteiger partial charge in [0.1, 0.15) is 12.7 Å². The van der Waals surface area contributed by atoms with E-state index < -0.39 is 0 Å². The zero-order valence-electron chi connectivity index (χ0n) is 11.8. The molecule has 2 aromatic rings. The number of amides is 1. The van der Waals surface area contributed by atoms with Gasteiger partial charge in [-0.2, -0.15) is 5.10 Å². The summed E-state index contributed by atoms with van der Waals surface area (Å²) in [6.07, 6.45) is 3.07. The lowest BCUT2D eigenvalue weighted by atomic mass is 10.1. The zero-order chi connectivity index (χ0) is 14.5. The minimum absolute atomic E-state index is 0.0140. The average Bonchev–Trinajstić information content (AvgIpc) is 3.06. The molecule has 8 heteroatoms. The van der Waals surface area contributed by atoms with E-state index in [4.69, 9.17) is 0 Å². The second-order valence-electron chi connectivity index (χ2n) is 4.75. The number of nitrogens with zero attached hydrogens (tertiary/aromatic N) is 5. The summed E-state index contributed by atoms with van der Waals surface area (Å²) in [6.45, 7) is 2.83. The van der Waals surface area contributed by atoms with Crippen LogP contribution in [0, 0.1) is 5.92 Å². The second-order valence-corrected chi connectivity index (χ2v) is 5.59. The Morgan fingerprint density at radius 3 is 2.95 bits per heavy atom. The van der Waals surface area contributed by atoms with Crippen molar-refractivity contribution >= 4 is 22.4 Å². The van der Waals surface area contributed by atoms with Crippen LogP contribution in [-0.4, -0.2) is 39.8 Å². The Labute approximate surface area is 121 Å². The molecule has 2 rings (SSSR count). The Balaban J connectivity index is 1.81. The number of anilines is 1. The van der Waals surface area contributed by atoms with Crippen LogP contribution in [-0.2, 0) is 17.9 Å². The van der Waals surface area contributed by atoms with Crippen molar-refractivity contribution in [3.8, 4) is 0 Å². The van der Waals surface area contributed by atoms with Crippen LogP contribution in [0.25, 0.3) is 0 Å². The van der Waals surface area contributed by atoms with E-state index in [2.05, 4.69) is 20.4 Å². The van der Waals surface area contributed by atoms with Crippen molar-refractivity contribution in [3.63, 3.8) is 0 Å². The minimum Gasteiger partial charge on any atom is -0.354 e. The van der Waals surface area contributed by atoms with Gasteiger partial charge in [-0.05, 0) is 0 Å². The third kappa shape index (κ3) is 3.77. The van der Waals surface area contributed by atoms with Crippen molar-refractivity contribution in [2.75, 3.05) is 19.0 Å². The molecule has 0 saturated carbocycles. The van der Waals surface area contributed by atoms with E-state index in [-0.39, 0.29) is 11.8 Å². The van der Waals surface area contributed by atoms with Gasteiger partial charge in [0.15, 0.2) is 5.13 Å². The summed E-state index contributed by atoms with van der Waals surface area (Å²) in [5.74, 6) is -0.177. The third-order valence-electron chi connectivity index (χ3n) is 2.74. The number of nitrogens with one attached hydrogen (secondary N) is 1. The predicted molar refractivity (Wildman–Crippen MR) is 77.5 cm³/mol. The van der Waals surface area contributed by atoms with Crippen LogP contribution in [0.4, 0.5) is 5.13 Å². The molecule has 108 valence electrons. The van der Waals surface area contributed by atoms with E-state index in [0.29, 0.717) is 13.1 Å². The molecule has 0 fully saturated rings. The lowest BCUT2D eigenvalue weighted by molar-refractivity contribution is -0.125. The van der Waals surface area contributed by atoms with E-state index in [1.54, 1.807) is 22.3 Å². The van der Waals surface area contributed by atoms with Gasteiger partial charge < -0.3 is 10.2 Å². The van der Waals surface area contributed by atoms with Crippen LogP contribution in [0.5, 0.6) is 0 Å². The smallest absolute Gasteiger partial charge is 0.225 e. The van der Waals surface area contributed by atoms with Gasteiger partial charge in [-0.25, -0.2) is 9.97 Å². The van der Waals surface area contributed by atoms with Crippen LogP contribution >= 0.6 is 11.3 Å². The molecule has 2 heterocycles. The van der Waals surface area contributed by atoms with E-state index in [9.17, 15) is 4.79 Å². The zero-order valence-corrected chi connectivity index (χ0v) is 12.6. The number of thiazole rings is 1. The quantitative estimate of drug-likeness (QED) is 0.851.